The molecule has 0 unspecified atom stereocenters. The molecular weight excluding hydrogens is 259 g/mol. The summed E-state index contributed by atoms with van der Waals surface area (Å²) in [5.41, 5.74) is 0. The molecule has 0 aromatic carbocycles. The van der Waals surface area contributed by atoms with Crippen molar-refractivity contribution < 1.29 is 4.74 Å². The lowest BCUT2D eigenvalue weighted by atomic mass is 10.0. The number of nitrogens with zero attached hydrogens (tertiary/aromatic N) is 2. The van der Waals surface area contributed by atoms with E-state index in [0.717, 1.165) is 12.4 Å². The number of hydrogen-bond acceptors (Lipinski definition) is 3. The van der Waals surface area contributed by atoms with Crippen molar-refractivity contribution >= 4 is 24.8 Å². The summed E-state index contributed by atoms with van der Waals surface area (Å²) >= 11 is 0. The smallest absolute Gasteiger partial charge is 0.137 e. The third-order valence-electron chi connectivity index (χ3n) is 3.00. The Morgan fingerprint density at radius 3 is 2.88 bits per heavy atom. The second-order valence-corrected chi connectivity index (χ2v) is 4.13. The van der Waals surface area contributed by atoms with Crippen LogP contribution in [0.3, 0.4) is 0 Å². The molecule has 0 amide bonds. The Morgan fingerprint density at radius 2 is 2.24 bits per heavy atom. The van der Waals surface area contributed by atoms with Crippen LogP contribution in [0.25, 0.3) is 0 Å². The molecule has 0 aliphatic carbocycles. The lowest BCUT2D eigenvalue weighted by Crippen LogP contribution is -2.40. The zero-order valence-electron chi connectivity index (χ0n) is 10.0. The Labute approximate surface area is 115 Å². The fourth-order valence-corrected chi connectivity index (χ4v) is 1.98. The number of ether oxygens (including phenoxy) is 1. The van der Waals surface area contributed by atoms with Crippen molar-refractivity contribution in [2.45, 2.75) is 25.3 Å². The Morgan fingerprint density at radius 1 is 1.41 bits per heavy atom. The second-order valence-electron chi connectivity index (χ2n) is 4.13. The molecule has 1 fully saturated rings. The fourth-order valence-electron chi connectivity index (χ4n) is 1.98. The average Bonchev–Trinajstić information content (AvgIpc) is 2.29. The van der Waals surface area contributed by atoms with Gasteiger partial charge >= 0.3 is 0 Å². The van der Waals surface area contributed by atoms with Crippen molar-refractivity contribution in [1.29, 1.82) is 0 Å². The minimum Gasteiger partial charge on any atom is -0.490 e. The van der Waals surface area contributed by atoms with Crippen molar-refractivity contribution in [2.75, 3.05) is 20.2 Å². The van der Waals surface area contributed by atoms with E-state index in [2.05, 4.69) is 16.9 Å². The third-order valence-corrected chi connectivity index (χ3v) is 3.00. The van der Waals surface area contributed by atoms with Gasteiger partial charge in [-0.3, -0.25) is 4.98 Å². The molecule has 0 N–H and O–H groups in total. The maximum absolute atomic E-state index is 5.71. The van der Waals surface area contributed by atoms with E-state index in [1.165, 1.54) is 25.8 Å². The van der Waals surface area contributed by atoms with Gasteiger partial charge in [0.1, 0.15) is 12.4 Å². The normalized spacial score (nSPS) is 19.9. The second kappa shape index (κ2) is 8.56. The van der Waals surface area contributed by atoms with Crippen molar-refractivity contribution in [2.24, 2.45) is 0 Å². The van der Waals surface area contributed by atoms with Crippen LogP contribution in [-0.4, -0.2) is 36.1 Å². The molecular formula is C12H20Cl2N2O. The minimum absolute atomic E-state index is 0. The Bertz CT molecular complexity index is 298. The molecule has 1 atom stereocenters. The van der Waals surface area contributed by atoms with Crippen molar-refractivity contribution in [1.82, 2.24) is 9.88 Å². The number of hydrogen-bond donors (Lipinski definition) is 0. The van der Waals surface area contributed by atoms with Gasteiger partial charge in [-0.1, -0.05) is 6.42 Å². The number of halogens is 2. The number of rotatable bonds is 3. The lowest BCUT2D eigenvalue weighted by molar-refractivity contribution is 0.125. The van der Waals surface area contributed by atoms with Gasteiger partial charge in [-0.2, -0.15) is 0 Å². The van der Waals surface area contributed by atoms with Crippen LogP contribution in [0.4, 0.5) is 0 Å². The lowest BCUT2D eigenvalue weighted by Gasteiger charge is -2.32. The van der Waals surface area contributed by atoms with Crippen LogP contribution in [-0.2, 0) is 0 Å². The van der Waals surface area contributed by atoms with E-state index >= 15 is 0 Å². The summed E-state index contributed by atoms with van der Waals surface area (Å²) in [5, 5.41) is 0. The van der Waals surface area contributed by atoms with Crippen LogP contribution in [0, 0.1) is 0 Å². The highest BCUT2D eigenvalue weighted by Crippen LogP contribution is 2.16. The van der Waals surface area contributed by atoms with E-state index in [-0.39, 0.29) is 24.8 Å². The standard InChI is InChI=1S/C12H18N2O.2ClH/c1-14-8-3-2-5-11(14)10-15-12-6-4-7-13-9-12;;/h4,6-7,9,11H,2-3,5,8,10H2,1H3;2*1H/t11-;;/m1../s1. The van der Waals surface area contributed by atoms with Crippen molar-refractivity contribution in [3.05, 3.63) is 24.5 Å². The van der Waals surface area contributed by atoms with Gasteiger partial charge in [0.15, 0.2) is 0 Å². The summed E-state index contributed by atoms with van der Waals surface area (Å²) in [6.45, 7) is 1.98. The molecule has 1 aliphatic heterocycles. The van der Waals surface area contributed by atoms with Crippen LogP contribution < -0.4 is 4.74 Å². The first-order valence-corrected chi connectivity index (χ1v) is 5.59. The molecule has 2 rings (SSSR count). The zero-order chi connectivity index (χ0) is 10.5. The number of aromatic nitrogens is 1. The largest absolute Gasteiger partial charge is 0.490 e. The van der Waals surface area contributed by atoms with E-state index in [0.29, 0.717) is 6.04 Å². The Balaban J connectivity index is 0.00000128. The van der Waals surface area contributed by atoms with E-state index in [9.17, 15) is 0 Å². The Hall–Kier alpha value is -0.510. The van der Waals surface area contributed by atoms with Gasteiger partial charge in [-0.05, 0) is 38.6 Å². The third kappa shape index (κ3) is 5.11. The van der Waals surface area contributed by atoms with Crippen molar-refractivity contribution in [3.63, 3.8) is 0 Å². The maximum Gasteiger partial charge on any atom is 0.137 e. The number of likely N-dealkylation sites (tertiary alicyclic amines) is 1. The molecule has 1 aromatic heterocycles. The fraction of sp³-hybridized carbons (Fsp3) is 0.583. The summed E-state index contributed by atoms with van der Waals surface area (Å²) in [7, 11) is 2.18. The monoisotopic (exact) mass is 278 g/mol. The first-order valence-electron chi connectivity index (χ1n) is 5.59. The van der Waals surface area contributed by atoms with E-state index < -0.39 is 0 Å². The highest BCUT2D eigenvalue weighted by molar-refractivity contribution is 5.85. The molecule has 2 heterocycles. The summed E-state index contributed by atoms with van der Waals surface area (Å²) in [5.74, 6) is 0.872. The van der Waals surface area contributed by atoms with Crippen LogP contribution >= 0.6 is 24.8 Å². The summed E-state index contributed by atoms with van der Waals surface area (Å²) in [6, 6.07) is 4.43. The summed E-state index contributed by atoms with van der Waals surface area (Å²) < 4.78 is 5.71. The van der Waals surface area contributed by atoms with E-state index in [1.807, 2.05) is 12.1 Å². The highest BCUT2D eigenvalue weighted by atomic mass is 35.5. The van der Waals surface area contributed by atoms with Crippen LogP contribution in [0.1, 0.15) is 19.3 Å². The molecule has 5 heteroatoms. The first-order chi connectivity index (χ1) is 7.36. The van der Waals surface area contributed by atoms with Gasteiger partial charge in [0, 0.05) is 12.2 Å². The predicted octanol–water partition coefficient (Wildman–Crippen LogP) is 2.79. The van der Waals surface area contributed by atoms with Gasteiger partial charge < -0.3 is 9.64 Å². The number of pyridine rings is 1. The molecule has 3 nitrogen and oxygen atoms in total. The van der Waals surface area contributed by atoms with Gasteiger partial charge in [0.05, 0.1) is 6.20 Å². The summed E-state index contributed by atoms with van der Waals surface area (Å²) in [6.07, 6.45) is 7.42. The molecule has 17 heavy (non-hydrogen) atoms. The van der Waals surface area contributed by atoms with Gasteiger partial charge in [0.2, 0.25) is 0 Å². The molecule has 1 aromatic rings. The highest BCUT2D eigenvalue weighted by Gasteiger charge is 2.19. The zero-order valence-corrected chi connectivity index (χ0v) is 11.7. The molecule has 0 bridgehead atoms. The quantitative estimate of drug-likeness (QED) is 0.850. The Kier molecular flexibility index (Phi) is 8.30. The average molecular weight is 279 g/mol. The van der Waals surface area contributed by atoms with Crippen LogP contribution in [0.15, 0.2) is 24.5 Å². The topological polar surface area (TPSA) is 25.4 Å². The predicted molar refractivity (Wildman–Crippen MR) is 74.5 cm³/mol. The van der Waals surface area contributed by atoms with Gasteiger partial charge in [0.25, 0.3) is 0 Å². The number of likely N-dealkylation sites (N-methyl/N-ethyl adjacent to an activating group) is 1. The first kappa shape index (κ1) is 16.5. The molecule has 98 valence electrons. The van der Waals surface area contributed by atoms with Crippen LogP contribution in [0.2, 0.25) is 0 Å². The van der Waals surface area contributed by atoms with E-state index in [4.69, 9.17) is 4.74 Å². The minimum atomic E-state index is 0. The summed E-state index contributed by atoms with van der Waals surface area (Å²) in [4.78, 5) is 6.42. The molecule has 0 radical (unpaired) electrons. The molecule has 1 saturated heterocycles. The maximum atomic E-state index is 5.71. The van der Waals surface area contributed by atoms with Crippen molar-refractivity contribution in [3.8, 4) is 5.75 Å². The molecule has 0 spiro atoms. The SMILES string of the molecule is CN1CCCC[C@@H]1COc1cccnc1.Cl.Cl. The molecule has 0 saturated carbocycles. The molecule has 1 aliphatic rings. The van der Waals surface area contributed by atoms with E-state index in [1.54, 1.807) is 12.4 Å². The van der Waals surface area contributed by atoms with Gasteiger partial charge in [-0.15, -0.1) is 24.8 Å². The van der Waals surface area contributed by atoms with Gasteiger partial charge in [-0.25, -0.2) is 0 Å². The van der Waals surface area contributed by atoms with Crippen LogP contribution in [0.5, 0.6) is 5.75 Å². The number of piperidine rings is 1.